The molecule has 3 atom stereocenters. The summed E-state index contributed by atoms with van der Waals surface area (Å²) in [7, 11) is 0. The van der Waals surface area contributed by atoms with Gasteiger partial charge in [-0.15, -0.1) is 0 Å². The SMILES string of the molecule is NC(Cc1ccc2c(c1)CCC2)C1CC2CC2C1. The number of fused-ring (bicyclic) bond motifs is 2. The minimum atomic E-state index is 0.400. The van der Waals surface area contributed by atoms with Crippen LogP contribution >= 0.6 is 0 Å². The van der Waals surface area contributed by atoms with Crippen molar-refractivity contribution in [2.45, 2.75) is 51.0 Å². The molecule has 1 nitrogen and oxygen atoms in total. The van der Waals surface area contributed by atoms with E-state index >= 15 is 0 Å². The fourth-order valence-electron chi connectivity index (χ4n) is 4.30. The van der Waals surface area contributed by atoms with Crippen molar-refractivity contribution in [3.8, 4) is 0 Å². The highest BCUT2D eigenvalue weighted by atomic mass is 14.7. The lowest BCUT2D eigenvalue weighted by Crippen LogP contribution is -2.31. The highest BCUT2D eigenvalue weighted by Crippen LogP contribution is 2.55. The van der Waals surface area contributed by atoms with E-state index in [1.807, 2.05) is 0 Å². The Morgan fingerprint density at radius 3 is 2.67 bits per heavy atom. The molecule has 0 aliphatic heterocycles. The van der Waals surface area contributed by atoms with Gasteiger partial charge in [0.2, 0.25) is 0 Å². The van der Waals surface area contributed by atoms with Gasteiger partial charge in [0.1, 0.15) is 0 Å². The van der Waals surface area contributed by atoms with Gasteiger partial charge in [0.15, 0.2) is 0 Å². The highest BCUT2D eigenvalue weighted by molar-refractivity contribution is 5.35. The first-order valence-corrected chi connectivity index (χ1v) is 7.66. The monoisotopic (exact) mass is 241 g/mol. The Bertz CT molecular complexity index is 455. The van der Waals surface area contributed by atoms with Crippen molar-refractivity contribution >= 4 is 0 Å². The van der Waals surface area contributed by atoms with E-state index < -0.39 is 0 Å². The van der Waals surface area contributed by atoms with Crippen LogP contribution in [0.4, 0.5) is 0 Å². The molecule has 1 aromatic carbocycles. The summed E-state index contributed by atoms with van der Waals surface area (Å²) in [6, 6.07) is 7.49. The van der Waals surface area contributed by atoms with Crippen LogP contribution in [0.3, 0.4) is 0 Å². The lowest BCUT2D eigenvalue weighted by Gasteiger charge is -2.21. The number of rotatable bonds is 3. The Morgan fingerprint density at radius 2 is 1.83 bits per heavy atom. The van der Waals surface area contributed by atoms with Gasteiger partial charge < -0.3 is 5.73 Å². The zero-order valence-corrected chi connectivity index (χ0v) is 11.1. The highest BCUT2D eigenvalue weighted by Gasteiger charge is 2.47. The van der Waals surface area contributed by atoms with Crippen LogP contribution in [0.5, 0.6) is 0 Å². The Labute approximate surface area is 110 Å². The normalized spacial score (nSPS) is 34.2. The van der Waals surface area contributed by atoms with Crippen LogP contribution in [0.2, 0.25) is 0 Å². The zero-order chi connectivity index (χ0) is 12.1. The summed E-state index contributed by atoms with van der Waals surface area (Å²) in [5, 5.41) is 0. The predicted molar refractivity (Wildman–Crippen MR) is 74.5 cm³/mol. The Balaban J connectivity index is 1.44. The van der Waals surface area contributed by atoms with Gasteiger partial charge in [0, 0.05) is 6.04 Å². The molecule has 18 heavy (non-hydrogen) atoms. The summed E-state index contributed by atoms with van der Waals surface area (Å²) in [6.45, 7) is 0. The lowest BCUT2D eigenvalue weighted by atomic mass is 9.90. The molecule has 0 spiro atoms. The van der Waals surface area contributed by atoms with E-state index in [1.165, 1.54) is 44.1 Å². The van der Waals surface area contributed by atoms with Crippen LogP contribution < -0.4 is 5.73 Å². The quantitative estimate of drug-likeness (QED) is 0.864. The van der Waals surface area contributed by atoms with Crippen molar-refractivity contribution < 1.29 is 0 Å². The first-order valence-electron chi connectivity index (χ1n) is 7.66. The third kappa shape index (κ3) is 1.89. The standard InChI is InChI=1S/C17H23N/c18-17(16-9-14-8-15(14)10-16)7-11-4-5-12-2-1-3-13(12)6-11/h4-6,14-17H,1-3,7-10,18H2. The van der Waals surface area contributed by atoms with Gasteiger partial charge in [-0.05, 0) is 79.4 Å². The maximum atomic E-state index is 6.44. The first kappa shape index (κ1) is 11.0. The van der Waals surface area contributed by atoms with Crippen LogP contribution in [-0.2, 0) is 19.3 Å². The van der Waals surface area contributed by atoms with Crippen molar-refractivity contribution in [3.05, 3.63) is 34.9 Å². The average Bonchev–Trinajstić information content (AvgIpc) is 2.79. The number of hydrogen-bond donors (Lipinski definition) is 1. The molecule has 0 aromatic heterocycles. The smallest absolute Gasteiger partial charge is 0.0108 e. The molecule has 3 aliphatic rings. The van der Waals surface area contributed by atoms with E-state index in [9.17, 15) is 0 Å². The minimum Gasteiger partial charge on any atom is -0.327 e. The van der Waals surface area contributed by atoms with E-state index in [2.05, 4.69) is 18.2 Å². The maximum absolute atomic E-state index is 6.44. The molecule has 0 bridgehead atoms. The fraction of sp³-hybridized carbons (Fsp3) is 0.647. The molecule has 0 radical (unpaired) electrons. The molecule has 1 heteroatoms. The van der Waals surface area contributed by atoms with Crippen molar-refractivity contribution in [1.82, 2.24) is 0 Å². The van der Waals surface area contributed by atoms with Gasteiger partial charge in [-0.1, -0.05) is 18.2 Å². The van der Waals surface area contributed by atoms with Crippen LogP contribution in [0.25, 0.3) is 0 Å². The molecule has 96 valence electrons. The predicted octanol–water partition coefficient (Wildman–Crippen LogP) is 3.09. The van der Waals surface area contributed by atoms with E-state index in [0.29, 0.717) is 6.04 Å². The minimum absolute atomic E-state index is 0.400. The van der Waals surface area contributed by atoms with Crippen LogP contribution in [-0.4, -0.2) is 6.04 Å². The summed E-state index contributed by atoms with van der Waals surface area (Å²) in [4.78, 5) is 0. The van der Waals surface area contributed by atoms with Crippen LogP contribution in [0.1, 0.15) is 42.4 Å². The van der Waals surface area contributed by atoms with Crippen molar-refractivity contribution in [2.24, 2.45) is 23.5 Å². The summed E-state index contributed by atoms with van der Waals surface area (Å²) in [6.07, 6.45) is 9.34. The van der Waals surface area contributed by atoms with E-state index in [0.717, 1.165) is 24.2 Å². The number of hydrogen-bond acceptors (Lipinski definition) is 1. The second kappa shape index (κ2) is 4.09. The lowest BCUT2D eigenvalue weighted by molar-refractivity contribution is 0.392. The Hall–Kier alpha value is -0.820. The molecule has 4 rings (SSSR count). The summed E-state index contributed by atoms with van der Waals surface area (Å²) in [5.74, 6) is 2.92. The third-order valence-corrected chi connectivity index (χ3v) is 5.52. The summed E-state index contributed by atoms with van der Waals surface area (Å²) < 4.78 is 0. The number of benzene rings is 1. The van der Waals surface area contributed by atoms with E-state index in [1.54, 1.807) is 11.1 Å². The van der Waals surface area contributed by atoms with Crippen molar-refractivity contribution in [3.63, 3.8) is 0 Å². The molecule has 3 unspecified atom stereocenters. The number of nitrogens with two attached hydrogens (primary N) is 1. The van der Waals surface area contributed by atoms with Crippen molar-refractivity contribution in [2.75, 3.05) is 0 Å². The van der Waals surface area contributed by atoms with Gasteiger partial charge in [0.25, 0.3) is 0 Å². The topological polar surface area (TPSA) is 26.0 Å². The molecule has 0 amide bonds. The zero-order valence-electron chi connectivity index (χ0n) is 11.1. The third-order valence-electron chi connectivity index (χ3n) is 5.52. The second-order valence-electron chi connectivity index (χ2n) is 6.81. The number of aryl methyl sites for hydroxylation is 2. The molecule has 1 aromatic rings. The summed E-state index contributed by atoms with van der Waals surface area (Å²) in [5.41, 5.74) is 11.1. The molecule has 2 saturated carbocycles. The molecular formula is C17H23N. The van der Waals surface area contributed by atoms with Gasteiger partial charge in [-0.2, -0.15) is 0 Å². The maximum Gasteiger partial charge on any atom is 0.0108 e. The van der Waals surface area contributed by atoms with Gasteiger partial charge in [-0.25, -0.2) is 0 Å². The van der Waals surface area contributed by atoms with Gasteiger partial charge in [-0.3, -0.25) is 0 Å². The van der Waals surface area contributed by atoms with Crippen LogP contribution in [0, 0.1) is 17.8 Å². The van der Waals surface area contributed by atoms with Crippen molar-refractivity contribution in [1.29, 1.82) is 0 Å². The van der Waals surface area contributed by atoms with Gasteiger partial charge >= 0.3 is 0 Å². The Kier molecular flexibility index (Phi) is 2.51. The average molecular weight is 241 g/mol. The van der Waals surface area contributed by atoms with E-state index in [-0.39, 0.29) is 0 Å². The van der Waals surface area contributed by atoms with E-state index in [4.69, 9.17) is 5.73 Å². The largest absolute Gasteiger partial charge is 0.327 e. The molecule has 2 N–H and O–H groups in total. The Morgan fingerprint density at radius 1 is 1.06 bits per heavy atom. The first-order chi connectivity index (χ1) is 8.79. The second-order valence-corrected chi connectivity index (χ2v) is 6.81. The molecule has 0 heterocycles. The molecule has 3 aliphatic carbocycles. The summed E-state index contributed by atoms with van der Waals surface area (Å²) >= 11 is 0. The molecule has 0 saturated heterocycles. The van der Waals surface area contributed by atoms with Gasteiger partial charge in [0.05, 0.1) is 0 Å². The molecular weight excluding hydrogens is 218 g/mol. The molecule has 2 fully saturated rings. The van der Waals surface area contributed by atoms with Crippen LogP contribution in [0.15, 0.2) is 18.2 Å². The fourth-order valence-corrected chi connectivity index (χ4v) is 4.30.